The first-order chi connectivity index (χ1) is 9.74. The predicted molar refractivity (Wildman–Crippen MR) is 75.2 cm³/mol. The smallest absolute Gasteiger partial charge is 0.228 e. The normalized spacial score (nSPS) is 26.9. The third kappa shape index (κ3) is 2.87. The summed E-state index contributed by atoms with van der Waals surface area (Å²) in [5.74, 6) is 0.367. The fraction of sp³-hybridized carbons (Fsp3) is 0.733. The van der Waals surface area contributed by atoms with Crippen molar-refractivity contribution in [3.05, 3.63) is 18.0 Å². The number of nitrogens with zero attached hydrogens (tertiary/aromatic N) is 3. The van der Waals surface area contributed by atoms with Gasteiger partial charge in [-0.25, -0.2) is 0 Å². The maximum atomic E-state index is 12.6. The number of rotatable bonds is 3. The highest BCUT2D eigenvalue weighted by Crippen LogP contribution is 2.24. The van der Waals surface area contributed by atoms with Crippen LogP contribution in [0.25, 0.3) is 0 Å². The van der Waals surface area contributed by atoms with Gasteiger partial charge in [-0.05, 0) is 38.2 Å². The van der Waals surface area contributed by atoms with Gasteiger partial charge >= 0.3 is 0 Å². The second kappa shape index (κ2) is 5.95. The Labute approximate surface area is 119 Å². The number of aryl methyl sites for hydroxylation is 1. The van der Waals surface area contributed by atoms with Gasteiger partial charge in [0.1, 0.15) is 0 Å². The summed E-state index contributed by atoms with van der Waals surface area (Å²) < 4.78 is 7.33. The molecular weight excluding hydrogens is 254 g/mol. The van der Waals surface area contributed by atoms with E-state index in [2.05, 4.69) is 16.2 Å². The van der Waals surface area contributed by atoms with Crippen LogP contribution in [-0.2, 0) is 16.1 Å². The molecule has 2 aliphatic heterocycles. The number of hydrogen-bond donors (Lipinski definition) is 0. The van der Waals surface area contributed by atoms with Crippen LogP contribution in [0.5, 0.6) is 0 Å². The van der Waals surface area contributed by atoms with E-state index in [0.717, 1.165) is 39.0 Å². The predicted octanol–water partition coefficient (Wildman–Crippen LogP) is 1.61. The van der Waals surface area contributed by atoms with Gasteiger partial charge in [0.25, 0.3) is 0 Å². The first-order valence-corrected chi connectivity index (χ1v) is 7.61. The Morgan fingerprint density at radius 1 is 1.45 bits per heavy atom. The van der Waals surface area contributed by atoms with E-state index in [1.807, 2.05) is 17.8 Å². The summed E-state index contributed by atoms with van der Waals surface area (Å²) in [6.45, 7) is 5.08. The number of amides is 1. The first kappa shape index (κ1) is 13.6. The molecule has 2 aliphatic rings. The summed E-state index contributed by atoms with van der Waals surface area (Å²) in [4.78, 5) is 14.7. The summed E-state index contributed by atoms with van der Waals surface area (Å²) in [6.07, 6.45) is 8.21. The van der Waals surface area contributed by atoms with Gasteiger partial charge in [-0.3, -0.25) is 9.48 Å². The van der Waals surface area contributed by atoms with Crippen LogP contribution in [0.4, 0.5) is 0 Å². The van der Waals surface area contributed by atoms with Gasteiger partial charge in [0.05, 0.1) is 31.3 Å². The van der Waals surface area contributed by atoms with Crippen LogP contribution in [-0.4, -0.2) is 46.4 Å². The van der Waals surface area contributed by atoms with Crippen LogP contribution in [0.1, 0.15) is 31.2 Å². The zero-order valence-electron chi connectivity index (χ0n) is 12.1. The number of carbonyl (C=O) groups excluding carboxylic acids is 1. The number of aromatic nitrogens is 2. The molecule has 0 bridgehead atoms. The van der Waals surface area contributed by atoms with E-state index in [1.54, 1.807) is 0 Å². The van der Waals surface area contributed by atoms with E-state index in [9.17, 15) is 4.79 Å². The Kier molecular flexibility index (Phi) is 4.05. The third-order valence-corrected chi connectivity index (χ3v) is 4.35. The van der Waals surface area contributed by atoms with Crippen LogP contribution >= 0.6 is 0 Å². The van der Waals surface area contributed by atoms with Crippen molar-refractivity contribution in [1.82, 2.24) is 14.7 Å². The summed E-state index contributed by atoms with van der Waals surface area (Å²) in [7, 11) is 0. The van der Waals surface area contributed by atoms with Gasteiger partial charge in [-0.15, -0.1) is 0 Å². The SMILES string of the molecule is Cc1cnn(C[C@@H]2CCCCN2C(=O)[C@H]2CCOC2)c1. The molecule has 0 aliphatic carbocycles. The van der Waals surface area contributed by atoms with Crippen molar-refractivity contribution < 1.29 is 9.53 Å². The summed E-state index contributed by atoms with van der Waals surface area (Å²) >= 11 is 0. The topological polar surface area (TPSA) is 47.4 Å². The lowest BCUT2D eigenvalue weighted by Crippen LogP contribution is -2.48. The highest BCUT2D eigenvalue weighted by molar-refractivity contribution is 5.79. The molecular formula is C15H23N3O2. The van der Waals surface area contributed by atoms with E-state index < -0.39 is 0 Å². The molecule has 0 N–H and O–H groups in total. The quantitative estimate of drug-likeness (QED) is 0.843. The molecule has 0 unspecified atom stereocenters. The molecule has 1 amide bonds. The summed E-state index contributed by atoms with van der Waals surface area (Å²) in [6, 6.07) is 0.288. The molecule has 2 fully saturated rings. The lowest BCUT2D eigenvalue weighted by atomic mass is 9.98. The second-order valence-corrected chi connectivity index (χ2v) is 5.98. The maximum absolute atomic E-state index is 12.6. The highest BCUT2D eigenvalue weighted by atomic mass is 16.5. The van der Waals surface area contributed by atoms with Gasteiger partial charge in [0, 0.05) is 19.3 Å². The standard InChI is InChI=1S/C15H23N3O2/c1-12-8-16-17(9-12)10-14-4-2-3-6-18(14)15(19)13-5-7-20-11-13/h8-9,13-14H,2-7,10-11H2,1H3/t13-,14-/m0/s1. The molecule has 0 spiro atoms. The monoisotopic (exact) mass is 277 g/mol. The van der Waals surface area contributed by atoms with E-state index in [1.165, 1.54) is 12.0 Å². The van der Waals surface area contributed by atoms with Gasteiger partial charge in [0.2, 0.25) is 5.91 Å². The van der Waals surface area contributed by atoms with Crippen molar-refractivity contribution in [1.29, 1.82) is 0 Å². The largest absolute Gasteiger partial charge is 0.381 e. The van der Waals surface area contributed by atoms with Crippen molar-refractivity contribution in [3.63, 3.8) is 0 Å². The molecule has 5 heteroatoms. The lowest BCUT2D eigenvalue weighted by Gasteiger charge is -2.37. The van der Waals surface area contributed by atoms with Crippen molar-refractivity contribution >= 4 is 5.91 Å². The minimum absolute atomic E-state index is 0.0787. The van der Waals surface area contributed by atoms with Crippen molar-refractivity contribution in [2.45, 2.75) is 45.2 Å². The fourth-order valence-electron chi connectivity index (χ4n) is 3.23. The minimum atomic E-state index is 0.0787. The maximum Gasteiger partial charge on any atom is 0.228 e. The first-order valence-electron chi connectivity index (χ1n) is 7.61. The number of ether oxygens (including phenoxy) is 1. The van der Waals surface area contributed by atoms with E-state index in [4.69, 9.17) is 4.74 Å². The van der Waals surface area contributed by atoms with Crippen molar-refractivity contribution in [2.24, 2.45) is 5.92 Å². The number of piperidine rings is 1. The Morgan fingerprint density at radius 3 is 3.05 bits per heavy atom. The van der Waals surface area contributed by atoms with E-state index in [-0.39, 0.29) is 17.9 Å². The second-order valence-electron chi connectivity index (χ2n) is 5.98. The average molecular weight is 277 g/mol. The molecule has 5 nitrogen and oxygen atoms in total. The van der Waals surface area contributed by atoms with Gasteiger partial charge < -0.3 is 9.64 Å². The molecule has 0 radical (unpaired) electrons. The van der Waals surface area contributed by atoms with E-state index >= 15 is 0 Å². The molecule has 110 valence electrons. The molecule has 20 heavy (non-hydrogen) atoms. The van der Waals surface area contributed by atoms with Gasteiger partial charge in [-0.2, -0.15) is 5.10 Å². The minimum Gasteiger partial charge on any atom is -0.381 e. The lowest BCUT2D eigenvalue weighted by molar-refractivity contribution is -0.139. The Hall–Kier alpha value is -1.36. The molecule has 0 saturated carbocycles. The average Bonchev–Trinajstić information content (AvgIpc) is 3.10. The molecule has 2 saturated heterocycles. The number of hydrogen-bond acceptors (Lipinski definition) is 3. The van der Waals surface area contributed by atoms with Crippen LogP contribution in [0.3, 0.4) is 0 Å². The Morgan fingerprint density at radius 2 is 2.35 bits per heavy atom. The summed E-state index contributed by atoms with van der Waals surface area (Å²) in [5.41, 5.74) is 1.17. The molecule has 1 aromatic heterocycles. The Bertz CT molecular complexity index is 465. The number of carbonyl (C=O) groups is 1. The Balaban J connectivity index is 1.68. The van der Waals surface area contributed by atoms with Crippen LogP contribution in [0, 0.1) is 12.8 Å². The zero-order chi connectivity index (χ0) is 13.9. The van der Waals surface area contributed by atoms with Crippen LogP contribution < -0.4 is 0 Å². The molecule has 0 aromatic carbocycles. The van der Waals surface area contributed by atoms with Gasteiger partial charge in [0.15, 0.2) is 0 Å². The molecule has 3 rings (SSSR count). The molecule has 3 heterocycles. The third-order valence-electron chi connectivity index (χ3n) is 4.35. The number of likely N-dealkylation sites (tertiary alicyclic amines) is 1. The molecule has 2 atom stereocenters. The fourth-order valence-corrected chi connectivity index (χ4v) is 3.23. The van der Waals surface area contributed by atoms with Crippen molar-refractivity contribution in [2.75, 3.05) is 19.8 Å². The highest BCUT2D eigenvalue weighted by Gasteiger charge is 2.33. The summed E-state index contributed by atoms with van der Waals surface area (Å²) in [5, 5.41) is 4.36. The van der Waals surface area contributed by atoms with Crippen LogP contribution in [0.2, 0.25) is 0 Å². The van der Waals surface area contributed by atoms with Crippen molar-refractivity contribution in [3.8, 4) is 0 Å². The van der Waals surface area contributed by atoms with E-state index in [0.29, 0.717) is 6.61 Å². The van der Waals surface area contributed by atoms with Gasteiger partial charge in [-0.1, -0.05) is 0 Å². The van der Waals surface area contributed by atoms with Crippen LogP contribution in [0.15, 0.2) is 12.4 Å². The molecule has 1 aromatic rings. The zero-order valence-corrected chi connectivity index (χ0v) is 12.1.